The number of halogens is 4. The number of alkyl halides is 3. The lowest BCUT2D eigenvalue weighted by atomic mass is 10.1. The number of hydrogen-bond donors (Lipinski definition) is 0. The molecule has 0 unspecified atom stereocenters. The summed E-state index contributed by atoms with van der Waals surface area (Å²) in [6, 6.07) is 7.03. The molecular formula is C11H6BrF3S. The smallest absolute Gasteiger partial charge is 0.166 e. The van der Waals surface area contributed by atoms with Gasteiger partial charge in [0.15, 0.2) is 0 Å². The van der Waals surface area contributed by atoms with Crippen LogP contribution in [0, 0.1) is 0 Å². The highest BCUT2D eigenvalue weighted by Crippen LogP contribution is 2.35. The van der Waals surface area contributed by atoms with Crippen molar-refractivity contribution in [2.24, 2.45) is 0 Å². The topological polar surface area (TPSA) is 0 Å². The third-order valence-corrected chi connectivity index (χ3v) is 3.83. The van der Waals surface area contributed by atoms with E-state index in [9.17, 15) is 13.2 Å². The molecule has 2 rings (SSSR count). The second-order valence-corrected chi connectivity index (χ2v) is 5.42. The van der Waals surface area contributed by atoms with E-state index in [-0.39, 0.29) is 0 Å². The maximum absolute atomic E-state index is 12.3. The third kappa shape index (κ3) is 2.30. The largest absolute Gasteiger partial charge is 0.416 e. The number of rotatable bonds is 1. The summed E-state index contributed by atoms with van der Waals surface area (Å²) < 4.78 is 37.9. The Morgan fingerprint density at radius 3 is 2.06 bits per heavy atom. The number of thiophene rings is 1. The molecule has 5 heteroatoms. The van der Waals surface area contributed by atoms with E-state index >= 15 is 0 Å². The molecule has 2 aromatic rings. The van der Waals surface area contributed by atoms with Gasteiger partial charge in [-0.1, -0.05) is 12.1 Å². The van der Waals surface area contributed by atoms with Gasteiger partial charge in [0.1, 0.15) is 0 Å². The summed E-state index contributed by atoms with van der Waals surface area (Å²) in [5.41, 5.74) is 1.07. The van der Waals surface area contributed by atoms with E-state index in [0.717, 1.165) is 27.0 Å². The zero-order valence-electron chi connectivity index (χ0n) is 7.88. The van der Waals surface area contributed by atoms with Gasteiger partial charge in [0.05, 0.1) is 9.35 Å². The first kappa shape index (κ1) is 11.7. The first-order valence-corrected chi connectivity index (χ1v) is 6.06. The van der Waals surface area contributed by atoms with Crippen LogP contribution < -0.4 is 0 Å². The fourth-order valence-electron chi connectivity index (χ4n) is 1.34. The lowest BCUT2D eigenvalue weighted by Gasteiger charge is -2.07. The Kier molecular flexibility index (Phi) is 3.08. The minimum absolute atomic E-state index is 0.623. The molecule has 0 aliphatic carbocycles. The van der Waals surface area contributed by atoms with Crippen LogP contribution in [0.1, 0.15) is 5.56 Å². The van der Waals surface area contributed by atoms with E-state index in [4.69, 9.17) is 0 Å². The van der Waals surface area contributed by atoms with Gasteiger partial charge in [0.25, 0.3) is 0 Å². The molecule has 1 aromatic carbocycles. The van der Waals surface area contributed by atoms with Crippen molar-refractivity contribution in [3.05, 3.63) is 45.1 Å². The van der Waals surface area contributed by atoms with Gasteiger partial charge < -0.3 is 0 Å². The lowest BCUT2D eigenvalue weighted by molar-refractivity contribution is -0.137. The normalized spacial score (nSPS) is 11.8. The van der Waals surface area contributed by atoms with Crippen molar-refractivity contribution in [2.75, 3.05) is 0 Å². The average Bonchev–Trinajstić information content (AvgIpc) is 2.63. The lowest BCUT2D eigenvalue weighted by Crippen LogP contribution is -2.03. The highest BCUT2D eigenvalue weighted by atomic mass is 79.9. The zero-order valence-corrected chi connectivity index (χ0v) is 10.3. The zero-order chi connectivity index (χ0) is 11.8. The van der Waals surface area contributed by atoms with E-state index < -0.39 is 11.7 Å². The summed E-state index contributed by atoms with van der Waals surface area (Å²) in [4.78, 5) is 0. The maximum atomic E-state index is 12.3. The predicted octanol–water partition coefficient (Wildman–Crippen LogP) is 5.20. The summed E-state index contributed by atoms with van der Waals surface area (Å²) in [6.45, 7) is 0. The SMILES string of the molecule is FC(F)(F)c1ccc(-c2ccsc2Br)cc1. The first-order valence-electron chi connectivity index (χ1n) is 4.39. The molecule has 0 aliphatic heterocycles. The molecule has 0 bridgehead atoms. The van der Waals surface area contributed by atoms with Crippen LogP contribution in [0.2, 0.25) is 0 Å². The van der Waals surface area contributed by atoms with Crippen molar-refractivity contribution in [2.45, 2.75) is 6.18 Å². The van der Waals surface area contributed by atoms with Crippen molar-refractivity contribution in [3.8, 4) is 11.1 Å². The van der Waals surface area contributed by atoms with Gasteiger partial charge in [-0.3, -0.25) is 0 Å². The van der Waals surface area contributed by atoms with Crippen molar-refractivity contribution < 1.29 is 13.2 Å². The maximum Gasteiger partial charge on any atom is 0.416 e. The van der Waals surface area contributed by atoms with Crippen LogP contribution in [0.4, 0.5) is 13.2 Å². The molecule has 0 amide bonds. The minimum Gasteiger partial charge on any atom is -0.166 e. The Labute approximate surface area is 103 Å². The quantitative estimate of drug-likeness (QED) is 0.679. The fourth-order valence-corrected chi connectivity index (χ4v) is 2.66. The molecular weight excluding hydrogens is 301 g/mol. The monoisotopic (exact) mass is 306 g/mol. The number of benzene rings is 1. The van der Waals surface area contributed by atoms with Gasteiger partial charge >= 0.3 is 6.18 Å². The van der Waals surface area contributed by atoms with Crippen LogP contribution in [0.5, 0.6) is 0 Å². The van der Waals surface area contributed by atoms with Crippen LogP contribution in [-0.4, -0.2) is 0 Å². The van der Waals surface area contributed by atoms with E-state index in [1.165, 1.54) is 23.5 Å². The van der Waals surface area contributed by atoms with Gasteiger partial charge in [-0.25, -0.2) is 0 Å². The first-order chi connectivity index (χ1) is 7.48. The predicted molar refractivity (Wildman–Crippen MR) is 62.5 cm³/mol. The van der Waals surface area contributed by atoms with Gasteiger partial charge in [-0.2, -0.15) is 13.2 Å². The Bertz CT molecular complexity index is 485. The molecule has 0 atom stereocenters. The third-order valence-electron chi connectivity index (χ3n) is 2.14. The standard InChI is InChI=1S/C11H6BrF3S/c12-10-9(5-6-16-10)7-1-3-8(4-2-7)11(13,14)15/h1-6H. The molecule has 84 valence electrons. The highest BCUT2D eigenvalue weighted by Gasteiger charge is 2.29. The van der Waals surface area contributed by atoms with Crippen molar-refractivity contribution >= 4 is 27.3 Å². The number of hydrogen-bond acceptors (Lipinski definition) is 1. The molecule has 0 radical (unpaired) electrons. The molecule has 0 nitrogen and oxygen atoms in total. The van der Waals surface area contributed by atoms with Crippen molar-refractivity contribution in [1.82, 2.24) is 0 Å². The van der Waals surface area contributed by atoms with E-state index in [0.29, 0.717) is 0 Å². The van der Waals surface area contributed by atoms with Gasteiger partial charge in [0.2, 0.25) is 0 Å². The van der Waals surface area contributed by atoms with Crippen molar-refractivity contribution in [1.29, 1.82) is 0 Å². The second-order valence-electron chi connectivity index (χ2n) is 3.18. The van der Waals surface area contributed by atoms with Gasteiger partial charge in [-0.05, 0) is 45.1 Å². The Balaban J connectivity index is 2.37. The van der Waals surface area contributed by atoms with Crippen LogP contribution in [0.3, 0.4) is 0 Å². The van der Waals surface area contributed by atoms with E-state index in [1.807, 2.05) is 11.4 Å². The Morgan fingerprint density at radius 1 is 1.00 bits per heavy atom. The average molecular weight is 307 g/mol. The molecule has 1 aromatic heterocycles. The minimum atomic E-state index is -4.27. The second kappa shape index (κ2) is 4.22. The summed E-state index contributed by atoms with van der Waals surface area (Å²) >= 11 is 4.86. The molecule has 1 heterocycles. The Hall–Kier alpha value is -0.810. The molecule has 0 N–H and O–H groups in total. The highest BCUT2D eigenvalue weighted by molar-refractivity contribution is 9.11. The molecule has 0 fully saturated rings. The van der Waals surface area contributed by atoms with Gasteiger partial charge in [-0.15, -0.1) is 11.3 Å². The fraction of sp³-hybridized carbons (Fsp3) is 0.0909. The van der Waals surface area contributed by atoms with Crippen LogP contribution in [0.25, 0.3) is 11.1 Å². The van der Waals surface area contributed by atoms with Crippen molar-refractivity contribution in [3.63, 3.8) is 0 Å². The Morgan fingerprint density at radius 2 is 1.62 bits per heavy atom. The van der Waals surface area contributed by atoms with Crippen LogP contribution >= 0.6 is 27.3 Å². The summed E-state index contributed by atoms with van der Waals surface area (Å²) in [6.07, 6.45) is -4.27. The van der Waals surface area contributed by atoms with E-state index in [1.54, 1.807) is 0 Å². The van der Waals surface area contributed by atoms with E-state index in [2.05, 4.69) is 15.9 Å². The van der Waals surface area contributed by atoms with Crippen LogP contribution in [0.15, 0.2) is 39.5 Å². The van der Waals surface area contributed by atoms with Crippen LogP contribution in [-0.2, 0) is 6.18 Å². The summed E-state index contributed by atoms with van der Waals surface area (Å²) in [7, 11) is 0. The molecule has 16 heavy (non-hydrogen) atoms. The summed E-state index contributed by atoms with van der Waals surface area (Å²) in [5.74, 6) is 0. The summed E-state index contributed by atoms with van der Waals surface area (Å²) in [5, 5.41) is 1.89. The molecule has 0 saturated heterocycles. The molecule has 0 aliphatic rings. The molecule has 0 spiro atoms. The molecule has 0 saturated carbocycles. The van der Waals surface area contributed by atoms with Gasteiger partial charge in [0, 0.05) is 5.56 Å².